The Morgan fingerprint density at radius 1 is 1.00 bits per heavy atom. The highest BCUT2D eigenvalue weighted by atomic mass is 32.1. The number of amides is 1. The molecule has 7 nitrogen and oxygen atoms in total. The lowest BCUT2D eigenvalue weighted by molar-refractivity contribution is 0.103. The molecule has 3 aromatic carbocycles. The van der Waals surface area contributed by atoms with E-state index in [0.29, 0.717) is 45.3 Å². The largest absolute Gasteiger partial charge is 0.507 e. The molecule has 9 heteroatoms. The average Bonchev–Trinajstić information content (AvgIpc) is 3.52. The predicted molar refractivity (Wildman–Crippen MR) is 149 cm³/mol. The van der Waals surface area contributed by atoms with Gasteiger partial charge in [-0.1, -0.05) is 42.5 Å². The van der Waals surface area contributed by atoms with Gasteiger partial charge in [-0.15, -0.1) is 11.3 Å². The summed E-state index contributed by atoms with van der Waals surface area (Å²) in [7, 11) is 6.10. The number of para-hydroxylation sites is 1. The first-order chi connectivity index (χ1) is 18.0. The van der Waals surface area contributed by atoms with Crippen molar-refractivity contribution in [3.63, 3.8) is 0 Å². The molecular formula is C28H20BN5O2S. The summed E-state index contributed by atoms with van der Waals surface area (Å²) in [5.74, 6) is 0.659. The molecule has 3 aromatic heterocycles. The molecule has 2 radical (unpaired) electrons. The van der Waals surface area contributed by atoms with Crippen LogP contribution in [0.2, 0.25) is 0 Å². The van der Waals surface area contributed by atoms with E-state index in [-0.39, 0.29) is 11.7 Å². The highest BCUT2D eigenvalue weighted by molar-refractivity contribution is 7.20. The number of aromatic hydroxyl groups is 1. The fourth-order valence-electron chi connectivity index (χ4n) is 4.17. The second-order valence-electron chi connectivity index (χ2n) is 8.54. The molecule has 0 bridgehead atoms. The lowest BCUT2D eigenvalue weighted by Crippen LogP contribution is -2.11. The third kappa shape index (κ3) is 4.52. The number of aromatic nitrogens is 3. The van der Waals surface area contributed by atoms with Crippen LogP contribution in [0.5, 0.6) is 5.75 Å². The van der Waals surface area contributed by atoms with Crippen LogP contribution >= 0.6 is 11.3 Å². The molecule has 3 N–H and O–H groups in total. The first-order valence-electron chi connectivity index (χ1n) is 11.6. The van der Waals surface area contributed by atoms with Crippen LogP contribution in [0, 0.1) is 0 Å². The minimum atomic E-state index is -0.138. The maximum atomic E-state index is 12.9. The standard InChI is InChI=1S/C28H20BN5O2S/c29-21-16-31-34-26(14-22(33-27(21)34)20-9-2-3-10-23(20)35)30-15-17-6-5-8-19(12-17)32-28(36)25-13-18-7-1-4-11-24(18)37-25/h1-14,16,30,35H,15H2,(H,32,36). The molecule has 3 heterocycles. The van der Waals surface area contributed by atoms with Gasteiger partial charge in [-0.05, 0) is 52.8 Å². The molecule has 0 aliphatic heterocycles. The van der Waals surface area contributed by atoms with Gasteiger partial charge in [-0.25, -0.2) is 4.98 Å². The van der Waals surface area contributed by atoms with Gasteiger partial charge < -0.3 is 15.7 Å². The number of nitrogens with zero attached hydrogens (tertiary/aromatic N) is 3. The minimum absolute atomic E-state index is 0.130. The molecule has 0 saturated carbocycles. The number of nitrogens with one attached hydrogen (secondary N) is 2. The first kappa shape index (κ1) is 22.8. The number of fused-ring (bicyclic) bond motifs is 2. The van der Waals surface area contributed by atoms with Crippen LogP contribution in [0.3, 0.4) is 0 Å². The monoisotopic (exact) mass is 501 g/mol. The fourth-order valence-corrected chi connectivity index (χ4v) is 5.13. The van der Waals surface area contributed by atoms with Crippen molar-refractivity contribution in [2.75, 3.05) is 10.6 Å². The van der Waals surface area contributed by atoms with E-state index in [4.69, 9.17) is 7.85 Å². The van der Waals surface area contributed by atoms with Gasteiger partial charge in [0.25, 0.3) is 5.91 Å². The van der Waals surface area contributed by atoms with E-state index in [1.807, 2.05) is 66.7 Å². The van der Waals surface area contributed by atoms with E-state index in [2.05, 4.69) is 20.7 Å². The van der Waals surface area contributed by atoms with Gasteiger partial charge in [0.1, 0.15) is 19.4 Å². The molecular weight excluding hydrogens is 481 g/mol. The highest BCUT2D eigenvalue weighted by Crippen LogP contribution is 2.30. The summed E-state index contributed by atoms with van der Waals surface area (Å²) in [6, 6.07) is 26.4. The molecule has 0 saturated heterocycles. The number of rotatable bonds is 6. The maximum Gasteiger partial charge on any atom is 0.265 e. The van der Waals surface area contributed by atoms with Gasteiger partial charge in [0.15, 0.2) is 5.65 Å². The summed E-state index contributed by atoms with van der Waals surface area (Å²) >= 11 is 1.47. The van der Waals surface area contributed by atoms with Crippen LogP contribution in [0.25, 0.3) is 27.0 Å². The zero-order chi connectivity index (χ0) is 25.4. The fraction of sp³-hybridized carbons (Fsp3) is 0.0357. The third-order valence-electron chi connectivity index (χ3n) is 5.99. The molecule has 0 fully saturated rings. The molecule has 37 heavy (non-hydrogen) atoms. The predicted octanol–water partition coefficient (Wildman–Crippen LogP) is 4.97. The SMILES string of the molecule is [B]c1cnn2c(NCc3cccc(NC(=O)c4cc5ccccc5s4)c3)cc(-c3ccccc3O)nc12. The Kier molecular flexibility index (Phi) is 5.82. The van der Waals surface area contributed by atoms with Crippen molar-refractivity contribution in [2.24, 2.45) is 0 Å². The van der Waals surface area contributed by atoms with Crippen LogP contribution in [0.1, 0.15) is 15.2 Å². The van der Waals surface area contributed by atoms with E-state index in [1.165, 1.54) is 11.3 Å². The highest BCUT2D eigenvalue weighted by Gasteiger charge is 2.14. The van der Waals surface area contributed by atoms with E-state index in [0.717, 1.165) is 15.6 Å². The van der Waals surface area contributed by atoms with Crippen LogP contribution in [0.15, 0.2) is 91.1 Å². The Hall–Kier alpha value is -4.63. The van der Waals surface area contributed by atoms with Gasteiger partial charge in [0.2, 0.25) is 0 Å². The molecule has 6 aromatic rings. The van der Waals surface area contributed by atoms with Gasteiger partial charge in [0, 0.05) is 34.8 Å². The summed E-state index contributed by atoms with van der Waals surface area (Å²) in [6.45, 7) is 0.464. The van der Waals surface area contributed by atoms with E-state index < -0.39 is 0 Å². The molecule has 0 unspecified atom stereocenters. The maximum absolute atomic E-state index is 12.9. The van der Waals surface area contributed by atoms with Gasteiger partial charge in [-0.2, -0.15) is 9.61 Å². The third-order valence-corrected chi connectivity index (χ3v) is 7.10. The number of hydrogen-bond acceptors (Lipinski definition) is 6. The van der Waals surface area contributed by atoms with E-state index in [9.17, 15) is 9.90 Å². The van der Waals surface area contributed by atoms with Crippen LogP contribution in [-0.4, -0.2) is 33.5 Å². The van der Waals surface area contributed by atoms with Crippen molar-refractivity contribution < 1.29 is 9.90 Å². The summed E-state index contributed by atoms with van der Waals surface area (Å²) in [5, 5.41) is 22.1. The number of carbonyl (C=O) groups is 1. The number of phenols is 1. The molecule has 1 amide bonds. The van der Waals surface area contributed by atoms with Crippen molar-refractivity contribution in [1.82, 2.24) is 14.6 Å². The Bertz CT molecular complexity index is 1740. The summed E-state index contributed by atoms with van der Waals surface area (Å²) in [6.07, 6.45) is 1.55. The van der Waals surface area contributed by atoms with Crippen molar-refractivity contribution in [3.05, 3.63) is 102 Å². The lowest BCUT2D eigenvalue weighted by atomic mass is 10.0. The number of carbonyl (C=O) groups excluding carboxylic acids is 1. The zero-order valence-electron chi connectivity index (χ0n) is 19.6. The van der Waals surface area contributed by atoms with Crippen molar-refractivity contribution in [3.8, 4) is 17.0 Å². The zero-order valence-corrected chi connectivity index (χ0v) is 20.4. The Morgan fingerprint density at radius 2 is 1.84 bits per heavy atom. The van der Waals surface area contributed by atoms with Crippen molar-refractivity contribution in [2.45, 2.75) is 6.54 Å². The summed E-state index contributed by atoms with van der Waals surface area (Å²) in [4.78, 5) is 18.1. The van der Waals surface area contributed by atoms with Crippen LogP contribution < -0.4 is 16.1 Å². The molecule has 6 rings (SSSR count). The van der Waals surface area contributed by atoms with Crippen molar-refractivity contribution >= 4 is 57.8 Å². The van der Waals surface area contributed by atoms with Gasteiger partial charge in [0.05, 0.1) is 10.6 Å². The molecule has 0 atom stereocenters. The normalized spacial score (nSPS) is 11.1. The number of hydrogen-bond donors (Lipinski definition) is 3. The molecule has 178 valence electrons. The smallest absolute Gasteiger partial charge is 0.265 e. The second-order valence-corrected chi connectivity index (χ2v) is 9.62. The number of phenolic OH excluding ortho intramolecular Hbond substituents is 1. The second kappa shape index (κ2) is 9.44. The molecule has 0 aliphatic rings. The molecule has 0 aliphatic carbocycles. The average molecular weight is 501 g/mol. The lowest BCUT2D eigenvalue weighted by Gasteiger charge is -2.13. The van der Waals surface area contributed by atoms with Crippen LogP contribution in [-0.2, 0) is 6.54 Å². The number of benzene rings is 3. The Balaban J connectivity index is 1.24. The topological polar surface area (TPSA) is 91.5 Å². The van der Waals surface area contributed by atoms with E-state index >= 15 is 0 Å². The van der Waals surface area contributed by atoms with Gasteiger partial charge >= 0.3 is 0 Å². The van der Waals surface area contributed by atoms with E-state index in [1.54, 1.807) is 28.9 Å². The Morgan fingerprint density at radius 3 is 2.70 bits per heavy atom. The first-order valence-corrected chi connectivity index (χ1v) is 12.4. The van der Waals surface area contributed by atoms with Crippen LogP contribution in [0.4, 0.5) is 11.5 Å². The Labute approximate surface area is 217 Å². The summed E-state index contributed by atoms with van der Waals surface area (Å²) < 4.78 is 2.71. The summed E-state index contributed by atoms with van der Waals surface area (Å²) in [5.41, 5.74) is 3.77. The quantitative estimate of drug-likeness (QED) is 0.280. The minimum Gasteiger partial charge on any atom is -0.507 e. The van der Waals surface area contributed by atoms with Gasteiger partial charge in [-0.3, -0.25) is 4.79 Å². The van der Waals surface area contributed by atoms with Crippen molar-refractivity contribution in [1.29, 1.82) is 0 Å². The molecule has 0 spiro atoms. The number of anilines is 2. The number of thiophene rings is 1.